The summed E-state index contributed by atoms with van der Waals surface area (Å²) in [5.74, 6) is 0.302. The van der Waals surface area contributed by atoms with Crippen LogP contribution in [0.2, 0.25) is 5.02 Å². The van der Waals surface area contributed by atoms with Gasteiger partial charge in [0.05, 0.1) is 34.4 Å². The number of rotatable bonds is 4. The largest absolute Gasteiger partial charge is 0.495 e. The predicted molar refractivity (Wildman–Crippen MR) is 111 cm³/mol. The van der Waals surface area contributed by atoms with E-state index in [0.29, 0.717) is 22.0 Å². The molecule has 0 aliphatic heterocycles. The summed E-state index contributed by atoms with van der Waals surface area (Å²) in [6, 6.07) is 18.5. The summed E-state index contributed by atoms with van der Waals surface area (Å²) in [7, 11) is 1.55. The predicted octanol–water partition coefficient (Wildman–Crippen LogP) is 5.88. The second kappa shape index (κ2) is 7.39. The minimum atomic E-state index is -0.244. The molecule has 6 heteroatoms. The van der Waals surface area contributed by atoms with Gasteiger partial charge in [-0.3, -0.25) is 4.79 Å². The van der Waals surface area contributed by atoms with E-state index in [1.54, 1.807) is 36.6 Å². The SMILES string of the molecule is COc1ccc(Cl)cc1NC(=O)c1cc(-c2cccs2)nc2ccccc12. The van der Waals surface area contributed by atoms with Crippen LogP contribution in [0.4, 0.5) is 5.69 Å². The van der Waals surface area contributed by atoms with Crippen LogP contribution in [0, 0.1) is 0 Å². The van der Waals surface area contributed by atoms with Gasteiger partial charge in [-0.25, -0.2) is 4.98 Å². The number of amides is 1. The number of nitrogens with zero attached hydrogens (tertiary/aromatic N) is 1. The standard InChI is InChI=1S/C21H15ClN2O2S/c1-26-19-9-8-13(22)11-17(19)24-21(25)15-12-18(20-7-4-10-27-20)23-16-6-3-2-5-14(15)16/h2-12H,1H3,(H,24,25). The lowest BCUT2D eigenvalue weighted by Gasteiger charge is -2.12. The van der Waals surface area contributed by atoms with Gasteiger partial charge in [-0.2, -0.15) is 0 Å². The number of hydrogen-bond acceptors (Lipinski definition) is 4. The van der Waals surface area contributed by atoms with Crippen molar-refractivity contribution >= 4 is 45.4 Å². The zero-order valence-corrected chi connectivity index (χ0v) is 16.0. The van der Waals surface area contributed by atoms with Crippen molar-refractivity contribution in [2.45, 2.75) is 0 Å². The fourth-order valence-corrected chi connectivity index (χ4v) is 3.74. The first-order chi connectivity index (χ1) is 13.2. The van der Waals surface area contributed by atoms with Gasteiger partial charge in [-0.05, 0) is 41.8 Å². The molecule has 0 saturated heterocycles. The van der Waals surface area contributed by atoms with E-state index in [-0.39, 0.29) is 5.91 Å². The molecule has 2 aromatic heterocycles. The molecule has 0 saturated carbocycles. The average Bonchev–Trinajstić information content (AvgIpc) is 3.22. The van der Waals surface area contributed by atoms with Gasteiger partial charge >= 0.3 is 0 Å². The van der Waals surface area contributed by atoms with E-state index in [2.05, 4.69) is 5.32 Å². The second-order valence-electron chi connectivity index (χ2n) is 5.85. The minimum Gasteiger partial charge on any atom is -0.495 e. The van der Waals surface area contributed by atoms with E-state index in [9.17, 15) is 4.79 Å². The zero-order valence-electron chi connectivity index (χ0n) is 14.4. The first-order valence-corrected chi connectivity index (χ1v) is 9.50. The van der Waals surface area contributed by atoms with Crippen molar-refractivity contribution in [1.82, 2.24) is 4.98 Å². The molecule has 2 aromatic carbocycles. The monoisotopic (exact) mass is 394 g/mol. The summed E-state index contributed by atoms with van der Waals surface area (Å²) in [6.45, 7) is 0. The first-order valence-electron chi connectivity index (χ1n) is 8.24. The number of carbonyl (C=O) groups is 1. The van der Waals surface area contributed by atoms with Crippen LogP contribution in [0.3, 0.4) is 0 Å². The fraction of sp³-hybridized carbons (Fsp3) is 0.0476. The highest BCUT2D eigenvalue weighted by Crippen LogP contribution is 2.31. The molecule has 4 nitrogen and oxygen atoms in total. The Kier molecular flexibility index (Phi) is 4.79. The number of benzene rings is 2. The van der Waals surface area contributed by atoms with Gasteiger partial charge in [0.15, 0.2) is 0 Å². The van der Waals surface area contributed by atoms with Crippen molar-refractivity contribution in [2.24, 2.45) is 0 Å². The van der Waals surface area contributed by atoms with Gasteiger partial charge in [-0.15, -0.1) is 11.3 Å². The number of fused-ring (bicyclic) bond motifs is 1. The van der Waals surface area contributed by atoms with Crippen molar-refractivity contribution in [1.29, 1.82) is 0 Å². The molecule has 4 aromatic rings. The highest BCUT2D eigenvalue weighted by molar-refractivity contribution is 7.13. The van der Waals surface area contributed by atoms with Crippen molar-refractivity contribution in [2.75, 3.05) is 12.4 Å². The second-order valence-corrected chi connectivity index (χ2v) is 7.23. The molecule has 0 radical (unpaired) electrons. The molecule has 0 spiro atoms. The summed E-state index contributed by atoms with van der Waals surface area (Å²) in [5.41, 5.74) is 2.61. The normalized spacial score (nSPS) is 10.7. The molecular formula is C21H15ClN2O2S. The Morgan fingerprint density at radius 1 is 1.11 bits per heavy atom. The topological polar surface area (TPSA) is 51.2 Å². The van der Waals surface area contributed by atoms with E-state index < -0.39 is 0 Å². The number of halogens is 1. The van der Waals surface area contributed by atoms with Crippen molar-refractivity contribution in [3.63, 3.8) is 0 Å². The number of thiophene rings is 1. The Hall–Kier alpha value is -2.89. The fourth-order valence-electron chi connectivity index (χ4n) is 2.88. The smallest absolute Gasteiger partial charge is 0.256 e. The molecule has 1 amide bonds. The Morgan fingerprint density at radius 2 is 1.96 bits per heavy atom. The maximum atomic E-state index is 13.1. The number of methoxy groups -OCH3 is 1. The molecule has 2 heterocycles. The van der Waals surface area contributed by atoms with E-state index in [1.165, 1.54) is 0 Å². The molecule has 0 atom stereocenters. The van der Waals surface area contributed by atoms with Gasteiger partial charge in [0, 0.05) is 10.4 Å². The zero-order chi connectivity index (χ0) is 18.8. The molecular weight excluding hydrogens is 380 g/mol. The quantitative estimate of drug-likeness (QED) is 0.470. The van der Waals surface area contributed by atoms with Crippen LogP contribution in [0.25, 0.3) is 21.5 Å². The van der Waals surface area contributed by atoms with Crippen LogP contribution in [0.5, 0.6) is 5.75 Å². The maximum absolute atomic E-state index is 13.1. The Balaban J connectivity index is 1.81. The minimum absolute atomic E-state index is 0.244. The third kappa shape index (κ3) is 3.52. The van der Waals surface area contributed by atoms with E-state index in [0.717, 1.165) is 21.5 Å². The van der Waals surface area contributed by atoms with Crippen LogP contribution >= 0.6 is 22.9 Å². The molecule has 0 bridgehead atoms. The summed E-state index contributed by atoms with van der Waals surface area (Å²) in [5, 5.41) is 6.21. The third-order valence-corrected chi connectivity index (χ3v) is 5.27. The van der Waals surface area contributed by atoms with Gasteiger partial charge in [0.1, 0.15) is 5.75 Å². The molecule has 0 unspecified atom stereocenters. The van der Waals surface area contributed by atoms with Gasteiger partial charge < -0.3 is 10.1 Å². The number of para-hydroxylation sites is 1. The molecule has 4 rings (SSSR count). The highest BCUT2D eigenvalue weighted by Gasteiger charge is 2.16. The van der Waals surface area contributed by atoms with E-state index in [1.807, 2.05) is 47.8 Å². The number of nitrogens with one attached hydrogen (secondary N) is 1. The molecule has 1 N–H and O–H groups in total. The summed E-state index contributed by atoms with van der Waals surface area (Å²) >= 11 is 7.66. The number of anilines is 1. The summed E-state index contributed by atoms with van der Waals surface area (Å²) in [6.07, 6.45) is 0. The number of aromatic nitrogens is 1. The molecule has 0 fully saturated rings. The van der Waals surface area contributed by atoms with E-state index in [4.69, 9.17) is 21.3 Å². The van der Waals surface area contributed by atoms with Gasteiger partial charge in [0.2, 0.25) is 0 Å². The molecule has 0 aliphatic rings. The van der Waals surface area contributed by atoms with Gasteiger partial charge in [-0.1, -0.05) is 35.9 Å². The number of pyridine rings is 1. The van der Waals surface area contributed by atoms with Crippen molar-refractivity contribution in [3.8, 4) is 16.3 Å². The lowest BCUT2D eigenvalue weighted by atomic mass is 10.1. The lowest BCUT2D eigenvalue weighted by molar-refractivity contribution is 0.102. The number of ether oxygens (including phenoxy) is 1. The summed E-state index contributed by atoms with van der Waals surface area (Å²) in [4.78, 5) is 18.8. The Bertz CT molecular complexity index is 1130. The summed E-state index contributed by atoms with van der Waals surface area (Å²) < 4.78 is 5.32. The molecule has 0 aliphatic carbocycles. The Labute approximate surface area is 165 Å². The van der Waals surface area contributed by atoms with Crippen LogP contribution < -0.4 is 10.1 Å². The van der Waals surface area contributed by atoms with Gasteiger partial charge in [0.25, 0.3) is 5.91 Å². The van der Waals surface area contributed by atoms with E-state index >= 15 is 0 Å². The van der Waals surface area contributed by atoms with Crippen LogP contribution in [-0.2, 0) is 0 Å². The van der Waals surface area contributed by atoms with Crippen molar-refractivity contribution < 1.29 is 9.53 Å². The first kappa shape index (κ1) is 17.5. The lowest BCUT2D eigenvalue weighted by Crippen LogP contribution is -2.13. The van der Waals surface area contributed by atoms with Crippen LogP contribution in [-0.4, -0.2) is 18.0 Å². The third-order valence-electron chi connectivity index (χ3n) is 4.14. The highest BCUT2D eigenvalue weighted by atomic mass is 35.5. The average molecular weight is 395 g/mol. The molecule has 27 heavy (non-hydrogen) atoms. The maximum Gasteiger partial charge on any atom is 0.256 e. The number of hydrogen-bond donors (Lipinski definition) is 1. The van der Waals surface area contributed by atoms with Crippen molar-refractivity contribution in [3.05, 3.63) is 76.6 Å². The number of carbonyl (C=O) groups excluding carboxylic acids is 1. The van der Waals surface area contributed by atoms with Crippen LogP contribution in [0.1, 0.15) is 10.4 Å². The molecule has 134 valence electrons. The Morgan fingerprint density at radius 3 is 2.74 bits per heavy atom. The van der Waals surface area contributed by atoms with Crippen LogP contribution in [0.15, 0.2) is 66.0 Å².